The van der Waals surface area contributed by atoms with Gasteiger partial charge in [0.05, 0.1) is 6.20 Å². The molecule has 0 aliphatic heterocycles. The minimum atomic E-state index is 0.386. The summed E-state index contributed by atoms with van der Waals surface area (Å²) in [4.78, 5) is 4.30. The minimum Gasteiger partial charge on any atom is -0.356 e. The van der Waals surface area contributed by atoms with Gasteiger partial charge in [-0.1, -0.05) is 20.8 Å². The van der Waals surface area contributed by atoms with Gasteiger partial charge in [0.1, 0.15) is 0 Å². The van der Waals surface area contributed by atoms with Gasteiger partial charge in [0.25, 0.3) is 0 Å². The minimum absolute atomic E-state index is 0.386. The fourth-order valence-electron chi connectivity index (χ4n) is 2.25. The van der Waals surface area contributed by atoms with Crippen LogP contribution in [0.25, 0.3) is 0 Å². The van der Waals surface area contributed by atoms with E-state index in [1.54, 1.807) is 0 Å². The predicted octanol–water partition coefficient (Wildman–Crippen LogP) is 2.73. The van der Waals surface area contributed by atoms with Gasteiger partial charge < -0.3 is 10.6 Å². The number of hydrogen-bond donors (Lipinski definition) is 2. The Labute approximate surface area is 135 Å². The summed E-state index contributed by atoms with van der Waals surface area (Å²) >= 11 is 0. The molecule has 1 unspecified atom stereocenters. The molecule has 1 rings (SSSR count). The van der Waals surface area contributed by atoms with E-state index in [0.29, 0.717) is 11.5 Å². The number of nitrogens with one attached hydrogen (secondary N) is 2. The number of guanidine groups is 1. The van der Waals surface area contributed by atoms with Gasteiger partial charge in [-0.05, 0) is 43.6 Å². The molecule has 1 aromatic rings. The molecule has 22 heavy (non-hydrogen) atoms. The van der Waals surface area contributed by atoms with Gasteiger partial charge in [-0.3, -0.25) is 9.67 Å². The molecular weight excluding hydrogens is 274 g/mol. The molecule has 2 N–H and O–H groups in total. The van der Waals surface area contributed by atoms with Crippen molar-refractivity contribution in [3.8, 4) is 0 Å². The molecule has 1 heterocycles. The lowest BCUT2D eigenvalue weighted by molar-refractivity contribution is 0.346. The van der Waals surface area contributed by atoms with Gasteiger partial charge in [-0.2, -0.15) is 5.10 Å². The summed E-state index contributed by atoms with van der Waals surface area (Å²) in [7, 11) is 3.78. The van der Waals surface area contributed by atoms with Gasteiger partial charge in [-0.25, -0.2) is 0 Å². The third kappa shape index (κ3) is 8.05. The Morgan fingerprint density at radius 1 is 1.41 bits per heavy atom. The Morgan fingerprint density at radius 2 is 2.14 bits per heavy atom. The van der Waals surface area contributed by atoms with Crippen molar-refractivity contribution in [2.45, 2.75) is 59.4 Å². The van der Waals surface area contributed by atoms with E-state index in [4.69, 9.17) is 0 Å². The lowest BCUT2D eigenvalue weighted by atomic mass is 9.89. The highest BCUT2D eigenvalue weighted by atomic mass is 15.2. The largest absolute Gasteiger partial charge is 0.356 e. The van der Waals surface area contributed by atoms with E-state index in [0.717, 1.165) is 31.8 Å². The van der Waals surface area contributed by atoms with Crippen LogP contribution in [0, 0.1) is 5.41 Å². The topological polar surface area (TPSA) is 54.2 Å². The number of rotatable bonds is 7. The zero-order valence-electron chi connectivity index (χ0n) is 15.1. The molecule has 1 aromatic heterocycles. The smallest absolute Gasteiger partial charge is 0.191 e. The Morgan fingerprint density at radius 3 is 2.68 bits per heavy atom. The molecule has 0 saturated heterocycles. The Hall–Kier alpha value is -1.52. The van der Waals surface area contributed by atoms with Gasteiger partial charge in [0.15, 0.2) is 5.96 Å². The van der Waals surface area contributed by atoms with Crippen LogP contribution in [0.5, 0.6) is 0 Å². The van der Waals surface area contributed by atoms with E-state index < -0.39 is 0 Å². The van der Waals surface area contributed by atoms with E-state index in [9.17, 15) is 0 Å². The van der Waals surface area contributed by atoms with Crippen molar-refractivity contribution < 1.29 is 0 Å². The Kier molecular flexibility index (Phi) is 7.42. The molecule has 0 amide bonds. The van der Waals surface area contributed by atoms with E-state index in [2.05, 4.69) is 54.6 Å². The first-order valence-electron chi connectivity index (χ1n) is 8.25. The number of aliphatic imine (C=N–C) groups is 1. The van der Waals surface area contributed by atoms with Crippen molar-refractivity contribution in [3.05, 3.63) is 18.0 Å². The lowest BCUT2D eigenvalue weighted by Gasteiger charge is -2.23. The van der Waals surface area contributed by atoms with Crippen molar-refractivity contribution in [1.82, 2.24) is 20.4 Å². The second-order valence-electron chi connectivity index (χ2n) is 7.27. The summed E-state index contributed by atoms with van der Waals surface area (Å²) in [5.74, 6) is 0.896. The molecule has 1 atom stereocenters. The third-order valence-corrected chi connectivity index (χ3v) is 3.63. The van der Waals surface area contributed by atoms with Crippen molar-refractivity contribution in [2.24, 2.45) is 17.5 Å². The molecule has 126 valence electrons. The summed E-state index contributed by atoms with van der Waals surface area (Å²) < 4.78 is 1.85. The van der Waals surface area contributed by atoms with Crippen molar-refractivity contribution >= 4 is 5.96 Å². The summed E-state index contributed by atoms with van der Waals surface area (Å²) in [5.41, 5.74) is 1.67. The number of nitrogens with zero attached hydrogens (tertiary/aromatic N) is 3. The van der Waals surface area contributed by atoms with Crippen molar-refractivity contribution in [2.75, 3.05) is 13.6 Å². The van der Waals surface area contributed by atoms with Crippen LogP contribution < -0.4 is 10.6 Å². The van der Waals surface area contributed by atoms with Gasteiger partial charge in [0, 0.05) is 32.9 Å². The van der Waals surface area contributed by atoms with E-state index in [1.165, 1.54) is 12.0 Å². The first-order valence-corrected chi connectivity index (χ1v) is 8.25. The second-order valence-corrected chi connectivity index (χ2v) is 7.27. The molecular formula is C17H33N5. The van der Waals surface area contributed by atoms with Gasteiger partial charge >= 0.3 is 0 Å². The normalized spacial score (nSPS) is 14.0. The molecule has 5 heteroatoms. The third-order valence-electron chi connectivity index (χ3n) is 3.63. The Bertz CT molecular complexity index is 456. The molecule has 0 aliphatic carbocycles. The summed E-state index contributed by atoms with van der Waals surface area (Å²) in [6, 6.07) is 0.434. The fourth-order valence-corrected chi connectivity index (χ4v) is 2.25. The first kappa shape index (κ1) is 18.5. The predicted molar refractivity (Wildman–Crippen MR) is 94.2 cm³/mol. The van der Waals surface area contributed by atoms with Crippen LogP contribution >= 0.6 is 0 Å². The van der Waals surface area contributed by atoms with E-state index >= 15 is 0 Å². The van der Waals surface area contributed by atoms with Crippen LogP contribution in [-0.2, 0) is 13.5 Å². The standard InChI is InChI=1S/C17H33N5/c1-14(9-10-17(2,3)4)21-16(18-5)19-11-7-8-15-12-20-22(6)13-15/h12-14H,7-11H2,1-6H3,(H2,18,19,21). The second kappa shape index (κ2) is 8.81. The molecule has 0 spiro atoms. The van der Waals surface area contributed by atoms with Crippen molar-refractivity contribution in [3.63, 3.8) is 0 Å². The van der Waals surface area contributed by atoms with Crippen LogP contribution in [0.2, 0.25) is 0 Å². The fraction of sp³-hybridized carbons (Fsp3) is 0.765. The van der Waals surface area contributed by atoms with Crippen LogP contribution in [-0.4, -0.2) is 35.4 Å². The molecule has 0 aliphatic rings. The number of hydrogen-bond acceptors (Lipinski definition) is 2. The van der Waals surface area contributed by atoms with Crippen LogP contribution in [0.3, 0.4) is 0 Å². The lowest BCUT2D eigenvalue weighted by Crippen LogP contribution is -2.42. The maximum atomic E-state index is 4.30. The van der Waals surface area contributed by atoms with Crippen molar-refractivity contribution in [1.29, 1.82) is 0 Å². The van der Waals surface area contributed by atoms with Crippen LogP contribution in [0.4, 0.5) is 0 Å². The summed E-state index contributed by atoms with van der Waals surface area (Å²) in [6.07, 6.45) is 8.47. The molecule has 0 saturated carbocycles. The highest BCUT2D eigenvalue weighted by Gasteiger charge is 2.13. The van der Waals surface area contributed by atoms with E-state index in [1.807, 2.05) is 25.0 Å². The molecule has 0 aromatic carbocycles. The first-order chi connectivity index (χ1) is 10.3. The summed E-state index contributed by atoms with van der Waals surface area (Å²) in [5, 5.41) is 11.0. The van der Waals surface area contributed by atoms with Gasteiger partial charge in [-0.15, -0.1) is 0 Å². The highest BCUT2D eigenvalue weighted by molar-refractivity contribution is 5.79. The maximum Gasteiger partial charge on any atom is 0.191 e. The van der Waals surface area contributed by atoms with Gasteiger partial charge in [0.2, 0.25) is 0 Å². The number of aromatic nitrogens is 2. The van der Waals surface area contributed by atoms with E-state index in [-0.39, 0.29) is 0 Å². The monoisotopic (exact) mass is 307 g/mol. The zero-order valence-corrected chi connectivity index (χ0v) is 15.1. The van der Waals surface area contributed by atoms with Crippen LogP contribution in [0.1, 0.15) is 52.5 Å². The zero-order chi connectivity index (χ0) is 16.6. The highest BCUT2D eigenvalue weighted by Crippen LogP contribution is 2.21. The average Bonchev–Trinajstić information content (AvgIpc) is 2.85. The average molecular weight is 307 g/mol. The quantitative estimate of drug-likeness (QED) is 0.463. The molecule has 5 nitrogen and oxygen atoms in total. The summed E-state index contributed by atoms with van der Waals surface area (Å²) in [6.45, 7) is 9.98. The number of aryl methyl sites for hydroxylation is 2. The maximum absolute atomic E-state index is 4.30. The Balaban J connectivity index is 2.21. The molecule has 0 radical (unpaired) electrons. The SMILES string of the molecule is CN=C(NCCCc1cnn(C)c1)NC(C)CCC(C)(C)C. The molecule has 0 bridgehead atoms. The van der Waals surface area contributed by atoms with Crippen LogP contribution in [0.15, 0.2) is 17.4 Å². The molecule has 0 fully saturated rings.